The van der Waals surface area contributed by atoms with Crippen molar-refractivity contribution in [2.24, 2.45) is 0 Å². The average molecular weight is 402 g/mol. The fourth-order valence-corrected chi connectivity index (χ4v) is 2.82. The summed E-state index contributed by atoms with van der Waals surface area (Å²) in [6.45, 7) is 1.25. The largest absolute Gasteiger partial charge is 0.453 e. The highest BCUT2D eigenvalue weighted by Gasteiger charge is 2.49. The SMILES string of the molecule is Cc1c(C(F)(NC(=O)Oc2ccccc2)C(F)F)oc2c(Cl)cc(F)cc12. The Morgan fingerprint density at radius 1 is 1.26 bits per heavy atom. The summed E-state index contributed by atoms with van der Waals surface area (Å²) >= 11 is 5.83. The highest BCUT2D eigenvalue weighted by molar-refractivity contribution is 6.34. The molecule has 0 aliphatic rings. The van der Waals surface area contributed by atoms with E-state index in [1.165, 1.54) is 24.4 Å². The maximum atomic E-state index is 15.1. The molecule has 0 saturated heterocycles. The lowest BCUT2D eigenvalue weighted by Crippen LogP contribution is -2.49. The maximum absolute atomic E-state index is 15.1. The molecule has 0 bridgehead atoms. The van der Waals surface area contributed by atoms with Gasteiger partial charge in [0.15, 0.2) is 11.3 Å². The molecule has 142 valence electrons. The molecule has 3 aromatic rings. The van der Waals surface area contributed by atoms with Gasteiger partial charge in [-0.15, -0.1) is 0 Å². The summed E-state index contributed by atoms with van der Waals surface area (Å²) in [6, 6.07) is 9.36. The molecule has 0 fully saturated rings. The van der Waals surface area contributed by atoms with Gasteiger partial charge in [0.2, 0.25) is 0 Å². The van der Waals surface area contributed by atoms with Gasteiger partial charge in [0.25, 0.3) is 6.43 Å². The lowest BCUT2D eigenvalue weighted by molar-refractivity contribution is -0.0702. The molecule has 0 spiro atoms. The second-order valence-electron chi connectivity index (χ2n) is 5.66. The molecule has 1 heterocycles. The van der Waals surface area contributed by atoms with Gasteiger partial charge in [-0.1, -0.05) is 29.8 Å². The van der Waals surface area contributed by atoms with Gasteiger partial charge in [-0.25, -0.2) is 22.4 Å². The molecule has 9 heteroatoms. The summed E-state index contributed by atoms with van der Waals surface area (Å²) in [5.74, 6) is -5.33. The quantitative estimate of drug-likeness (QED) is 0.450. The van der Waals surface area contributed by atoms with Crippen LogP contribution in [0.4, 0.5) is 22.4 Å². The fraction of sp³-hybridized carbons (Fsp3) is 0.167. The minimum Gasteiger partial charge on any atom is -0.453 e. The molecule has 2 aromatic carbocycles. The normalized spacial score (nSPS) is 13.6. The fourth-order valence-electron chi connectivity index (χ4n) is 2.57. The van der Waals surface area contributed by atoms with E-state index in [9.17, 15) is 18.0 Å². The third kappa shape index (κ3) is 3.57. The second kappa shape index (κ2) is 7.11. The lowest BCUT2D eigenvalue weighted by Gasteiger charge is -2.23. The van der Waals surface area contributed by atoms with E-state index >= 15 is 4.39 Å². The first-order valence-electron chi connectivity index (χ1n) is 7.63. The minimum atomic E-state index is -3.71. The van der Waals surface area contributed by atoms with E-state index in [2.05, 4.69) is 0 Å². The van der Waals surface area contributed by atoms with E-state index in [1.807, 2.05) is 0 Å². The molecular weight excluding hydrogens is 390 g/mol. The van der Waals surface area contributed by atoms with Gasteiger partial charge in [-0.2, -0.15) is 0 Å². The van der Waals surface area contributed by atoms with Crippen LogP contribution in [0.25, 0.3) is 11.0 Å². The molecule has 1 aromatic heterocycles. The van der Waals surface area contributed by atoms with Crippen LogP contribution in [0.1, 0.15) is 11.3 Å². The van der Waals surface area contributed by atoms with Gasteiger partial charge in [-0.05, 0) is 31.2 Å². The van der Waals surface area contributed by atoms with E-state index in [1.54, 1.807) is 18.2 Å². The van der Waals surface area contributed by atoms with Crippen LogP contribution in [0.5, 0.6) is 5.75 Å². The zero-order valence-corrected chi connectivity index (χ0v) is 14.5. The number of amides is 1. The number of fused-ring (bicyclic) bond motifs is 1. The van der Waals surface area contributed by atoms with Crippen molar-refractivity contribution in [1.82, 2.24) is 5.32 Å². The zero-order valence-electron chi connectivity index (χ0n) is 13.7. The number of hydrogen-bond acceptors (Lipinski definition) is 3. The summed E-state index contributed by atoms with van der Waals surface area (Å²) in [5.41, 5.74) is -0.305. The lowest BCUT2D eigenvalue weighted by atomic mass is 10.1. The molecule has 3 rings (SSSR count). The predicted molar refractivity (Wildman–Crippen MR) is 90.3 cm³/mol. The number of benzene rings is 2. The van der Waals surface area contributed by atoms with Gasteiger partial charge < -0.3 is 9.15 Å². The number of ether oxygens (including phenoxy) is 1. The predicted octanol–water partition coefficient (Wildman–Crippen LogP) is 5.71. The Balaban J connectivity index is 1.99. The number of furan rings is 1. The van der Waals surface area contributed by atoms with Crippen LogP contribution in [-0.4, -0.2) is 12.5 Å². The van der Waals surface area contributed by atoms with Crippen molar-refractivity contribution in [1.29, 1.82) is 0 Å². The molecule has 0 aliphatic carbocycles. The monoisotopic (exact) mass is 401 g/mol. The van der Waals surface area contributed by atoms with Gasteiger partial charge >= 0.3 is 11.9 Å². The first kappa shape index (κ1) is 19.0. The summed E-state index contributed by atoms with van der Waals surface area (Å²) in [6.07, 6.45) is -5.16. The topological polar surface area (TPSA) is 51.5 Å². The van der Waals surface area contributed by atoms with Gasteiger partial charge in [0.1, 0.15) is 11.6 Å². The minimum absolute atomic E-state index is 0.0101. The van der Waals surface area contributed by atoms with Crippen LogP contribution in [0.3, 0.4) is 0 Å². The Morgan fingerprint density at radius 3 is 2.56 bits per heavy atom. The van der Waals surface area contributed by atoms with E-state index in [-0.39, 0.29) is 27.3 Å². The number of nitrogens with one attached hydrogen (secondary N) is 1. The van der Waals surface area contributed by atoms with Crippen molar-refractivity contribution < 1.29 is 31.5 Å². The van der Waals surface area contributed by atoms with E-state index < -0.39 is 29.9 Å². The summed E-state index contributed by atoms with van der Waals surface area (Å²) in [7, 11) is 0. The first-order chi connectivity index (χ1) is 12.7. The Labute approximate surface area is 155 Å². The Morgan fingerprint density at radius 2 is 1.93 bits per heavy atom. The Hall–Kier alpha value is -2.74. The van der Waals surface area contributed by atoms with Crippen molar-refractivity contribution in [3.63, 3.8) is 0 Å². The molecule has 0 aliphatic heterocycles. The third-order valence-electron chi connectivity index (χ3n) is 3.83. The maximum Gasteiger partial charge on any atom is 0.415 e. The molecule has 1 amide bonds. The van der Waals surface area contributed by atoms with Crippen LogP contribution in [-0.2, 0) is 5.79 Å². The Kier molecular flexibility index (Phi) is 5.01. The molecule has 27 heavy (non-hydrogen) atoms. The number of rotatable bonds is 4. The zero-order chi connectivity index (χ0) is 19.8. The highest BCUT2D eigenvalue weighted by atomic mass is 35.5. The number of carbonyl (C=O) groups is 1. The standard InChI is InChI=1S/C18H12ClF4NO3/c1-9-12-7-10(20)8-13(19)14(12)27-15(9)18(23,16(21)22)24-17(25)26-11-5-3-2-4-6-11/h2-8,16H,1H3,(H,24,25). The van der Waals surface area contributed by atoms with Crippen molar-refractivity contribution in [2.75, 3.05) is 0 Å². The molecule has 1 unspecified atom stereocenters. The van der Waals surface area contributed by atoms with Crippen LogP contribution >= 0.6 is 11.6 Å². The van der Waals surface area contributed by atoms with Gasteiger partial charge in [0.05, 0.1) is 5.02 Å². The molecule has 0 radical (unpaired) electrons. The smallest absolute Gasteiger partial charge is 0.415 e. The van der Waals surface area contributed by atoms with E-state index in [4.69, 9.17) is 20.8 Å². The van der Waals surface area contributed by atoms with Crippen molar-refractivity contribution in [3.8, 4) is 5.75 Å². The van der Waals surface area contributed by atoms with E-state index in [0.29, 0.717) is 0 Å². The number of carbonyl (C=O) groups excluding carboxylic acids is 1. The number of aryl methyl sites for hydroxylation is 1. The molecule has 1 atom stereocenters. The number of alkyl halides is 3. The summed E-state index contributed by atoms with van der Waals surface area (Å²) in [5, 5.41) is 1.28. The van der Waals surface area contributed by atoms with Gasteiger partial charge in [-0.3, -0.25) is 5.32 Å². The van der Waals surface area contributed by atoms with Crippen molar-refractivity contribution in [3.05, 3.63) is 64.6 Å². The molecular formula is C18H12ClF4NO3. The van der Waals surface area contributed by atoms with Crippen LogP contribution in [0.2, 0.25) is 5.02 Å². The number of halogens is 5. The summed E-state index contributed by atoms with van der Waals surface area (Å²) in [4.78, 5) is 11.9. The third-order valence-corrected chi connectivity index (χ3v) is 4.11. The first-order valence-corrected chi connectivity index (χ1v) is 8.01. The highest BCUT2D eigenvalue weighted by Crippen LogP contribution is 2.40. The van der Waals surface area contributed by atoms with Crippen molar-refractivity contribution >= 4 is 28.7 Å². The number of para-hydroxylation sites is 1. The number of hydrogen-bond donors (Lipinski definition) is 1. The average Bonchev–Trinajstić information content (AvgIpc) is 2.93. The van der Waals surface area contributed by atoms with Crippen LogP contribution in [0, 0.1) is 12.7 Å². The second-order valence-corrected chi connectivity index (χ2v) is 6.07. The summed E-state index contributed by atoms with van der Waals surface area (Å²) < 4.78 is 65.7. The van der Waals surface area contributed by atoms with Gasteiger partial charge in [0, 0.05) is 10.9 Å². The van der Waals surface area contributed by atoms with Crippen LogP contribution in [0.15, 0.2) is 46.9 Å². The molecule has 4 nitrogen and oxygen atoms in total. The molecule has 0 saturated carbocycles. The Bertz CT molecular complexity index is 993. The van der Waals surface area contributed by atoms with Crippen LogP contribution < -0.4 is 10.1 Å². The molecule has 1 N–H and O–H groups in total. The van der Waals surface area contributed by atoms with E-state index in [0.717, 1.165) is 12.1 Å². The van der Waals surface area contributed by atoms with Crippen molar-refractivity contribution in [2.45, 2.75) is 19.1 Å².